The number of aromatic nitrogens is 2. The fourth-order valence-corrected chi connectivity index (χ4v) is 2.84. The van der Waals surface area contributed by atoms with Gasteiger partial charge < -0.3 is 25.2 Å². The number of ether oxygens (including phenoxy) is 2. The van der Waals surface area contributed by atoms with Crippen LogP contribution >= 0.6 is 0 Å². The summed E-state index contributed by atoms with van der Waals surface area (Å²) in [5, 5.41) is 15.5. The zero-order valence-electron chi connectivity index (χ0n) is 17.5. The van der Waals surface area contributed by atoms with Crippen molar-refractivity contribution in [2.75, 3.05) is 24.4 Å². The summed E-state index contributed by atoms with van der Waals surface area (Å²) in [6.07, 6.45) is -4.79. The standard InChI is InChI=1S/C22H23F3N4O3/c1-14(13-30)27-21-28-19(16-6-4-8-18(10-16)32-22(23,24)25)11-20(29-21)26-12-15-5-3-7-17(9-15)31-2/h3-11,14,30H,12-13H2,1-2H3,(H2,26,27,28,29)/t14-/m0/s1. The molecule has 0 amide bonds. The molecule has 0 saturated carbocycles. The third-order valence-electron chi connectivity index (χ3n) is 4.35. The van der Waals surface area contributed by atoms with E-state index in [1.165, 1.54) is 18.2 Å². The number of alkyl halides is 3. The van der Waals surface area contributed by atoms with Crippen molar-refractivity contribution in [3.63, 3.8) is 0 Å². The Balaban J connectivity index is 1.90. The molecule has 2 aromatic carbocycles. The van der Waals surface area contributed by atoms with Crippen molar-refractivity contribution in [2.45, 2.75) is 25.9 Å². The molecule has 1 aromatic heterocycles. The summed E-state index contributed by atoms with van der Waals surface area (Å²) in [7, 11) is 1.58. The van der Waals surface area contributed by atoms with Crippen LogP contribution in [-0.2, 0) is 6.54 Å². The summed E-state index contributed by atoms with van der Waals surface area (Å²) in [5.41, 5.74) is 1.75. The molecule has 0 aliphatic carbocycles. The molecule has 3 N–H and O–H groups in total. The molecule has 3 rings (SSSR count). The SMILES string of the molecule is COc1cccc(CNc2cc(-c3cccc(OC(F)(F)F)c3)nc(N[C@@H](C)CO)n2)c1. The van der Waals surface area contributed by atoms with E-state index < -0.39 is 6.36 Å². The maximum Gasteiger partial charge on any atom is 0.573 e. The highest BCUT2D eigenvalue weighted by Gasteiger charge is 2.31. The number of hydrogen-bond acceptors (Lipinski definition) is 7. The second-order valence-electron chi connectivity index (χ2n) is 6.97. The largest absolute Gasteiger partial charge is 0.573 e. The Morgan fingerprint density at radius 2 is 1.78 bits per heavy atom. The quantitative estimate of drug-likeness (QED) is 0.446. The summed E-state index contributed by atoms with van der Waals surface area (Å²) in [4.78, 5) is 8.78. The van der Waals surface area contributed by atoms with Crippen LogP contribution in [0.3, 0.4) is 0 Å². The number of anilines is 2. The smallest absolute Gasteiger partial charge is 0.497 e. The summed E-state index contributed by atoms with van der Waals surface area (Å²) < 4.78 is 47.0. The Bertz CT molecular complexity index is 1050. The Kier molecular flexibility index (Phi) is 7.37. The van der Waals surface area contributed by atoms with Gasteiger partial charge in [-0.2, -0.15) is 4.98 Å². The van der Waals surface area contributed by atoms with Crippen molar-refractivity contribution in [3.05, 3.63) is 60.2 Å². The lowest BCUT2D eigenvalue weighted by Crippen LogP contribution is -2.21. The Morgan fingerprint density at radius 1 is 1.03 bits per heavy atom. The van der Waals surface area contributed by atoms with Gasteiger partial charge in [-0.15, -0.1) is 13.2 Å². The summed E-state index contributed by atoms with van der Waals surface area (Å²) in [6, 6.07) is 14.3. The fourth-order valence-electron chi connectivity index (χ4n) is 2.84. The lowest BCUT2D eigenvalue weighted by atomic mass is 10.1. The third kappa shape index (κ3) is 6.74. The minimum absolute atomic E-state index is 0.144. The third-order valence-corrected chi connectivity index (χ3v) is 4.35. The van der Waals surface area contributed by atoms with Crippen LogP contribution < -0.4 is 20.1 Å². The van der Waals surface area contributed by atoms with Gasteiger partial charge in [0.1, 0.15) is 17.3 Å². The molecule has 10 heteroatoms. The van der Waals surface area contributed by atoms with Gasteiger partial charge in [0.2, 0.25) is 5.95 Å². The zero-order valence-corrected chi connectivity index (χ0v) is 17.5. The second-order valence-corrected chi connectivity index (χ2v) is 6.97. The average molecular weight is 448 g/mol. The van der Waals surface area contributed by atoms with E-state index in [0.717, 1.165) is 5.56 Å². The highest BCUT2D eigenvalue weighted by Crippen LogP contribution is 2.29. The first-order valence-electron chi connectivity index (χ1n) is 9.75. The molecule has 7 nitrogen and oxygen atoms in total. The number of nitrogens with zero attached hydrogens (tertiary/aromatic N) is 2. The van der Waals surface area contributed by atoms with Crippen LogP contribution in [0.4, 0.5) is 24.9 Å². The van der Waals surface area contributed by atoms with Gasteiger partial charge in [0.15, 0.2) is 0 Å². The minimum Gasteiger partial charge on any atom is -0.497 e. The van der Waals surface area contributed by atoms with Gasteiger partial charge in [-0.25, -0.2) is 4.98 Å². The molecule has 1 heterocycles. The van der Waals surface area contributed by atoms with Crippen molar-refractivity contribution in [2.24, 2.45) is 0 Å². The number of hydrogen-bond donors (Lipinski definition) is 3. The summed E-state index contributed by atoms with van der Waals surface area (Å²) in [5.74, 6) is 1.04. The van der Waals surface area contributed by atoms with Crippen molar-refractivity contribution >= 4 is 11.8 Å². The van der Waals surface area contributed by atoms with E-state index in [2.05, 4.69) is 25.3 Å². The first-order valence-corrected chi connectivity index (χ1v) is 9.75. The van der Waals surface area contributed by atoms with Crippen LogP contribution in [0.1, 0.15) is 12.5 Å². The van der Waals surface area contributed by atoms with Crippen molar-refractivity contribution in [1.82, 2.24) is 9.97 Å². The predicted octanol–water partition coefficient (Wildman–Crippen LogP) is 4.46. The molecular weight excluding hydrogens is 425 g/mol. The van der Waals surface area contributed by atoms with E-state index in [9.17, 15) is 18.3 Å². The van der Waals surface area contributed by atoms with Gasteiger partial charge in [0, 0.05) is 24.2 Å². The number of rotatable bonds is 9. The molecule has 0 unspecified atom stereocenters. The van der Waals surface area contributed by atoms with Crippen LogP contribution in [0.5, 0.6) is 11.5 Å². The summed E-state index contributed by atoms with van der Waals surface area (Å²) >= 11 is 0. The topological polar surface area (TPSA) is 88.5 Å². The molecule has 0 spiro atoms. The first-order chi connectivity index (χ1) is 15.3. The molecule has 1 atom stereocenters. The highest BCUT2D eigenvalue weighted by atomic mass is 19.4. The Labute approximate surface area is 183 Å². The predicted molar refractivity (Wildman–Crippen MR) is 115 cm³/mol. The van der Waals surface area contributed by atoms with Gasteiger partial charge in [0.25, 0.3) is 0 Å². The van der Waals surface area contributed by atoms with Crippen LogP contribution in [0.15, 0.2) is 54.6 Å². The van der Waals surface area contributed by atoms with Crippen molar-refractivity contribution in [1.29, 1.82) is 0 Å². The summed E-state index contributed by atoms with van der Waals surface area (Å²) in [6.45, 7) is 2.03. The molecule has 32 heavy (non-hydrogen) atoms. The van der Waals surface area contributed by atoms with E-state index in [1.807, 2.05) is 24.3 Å². The van der Waals surface area contributed by atoms with Crippen molar-refractivity contribution in [3.8, 4) is 22.8 Å². The first kappa shape index (κ1) is 23.1. The molecule has 0 saturated heterocycles. The van der Waals surface area contributed by atoms with Gasteiger partial charge >= 0.3 is 6.36 Å². The number of halogens is 3. The number of benzene rings is 2. The Morgan fingerprint density at radius 3 is 2.50 bits per heavy atom. The van der Waals surface area contributed by atoms with E-state index in [0.29, 0.717) is 29.4 Å². The van der Waals surface area contributed by atoms with Crippen LogP contribution in [0.2, 0.25) is 0 Å². The molecule has 0 bridgehead atoms. The molecule has 0 fully saturated rings. The normalized spacial score (nSPS) is 12.2. The average Bonchev–Trinajstić information content (AvgIpc) is 2.76. The van der Waals surface area contributed by atoms with E-state index in [4.69, 9.17) is 4.74 Å². The van der Waals surface area contributed by atoms with E-state index in [1.54, 1.807) is 26.2 Å². The van der Waals surface area contributed by atoms with Gasteiger partial charge in [-0.1, -0.05) is 24.3 Å². The van der Waals surface area contributed by atoms with Crippen LogP contribution in [-0.4, -0.2) is 41.2 Å². The number of methoxy groups -OCH3 is 1. The maximum atomic E-state index is 12.6. The zero-order chi connectivity index (χ0) is 23.1. The van der Waals surface area contributed by atoms with Gasteiger partial charge in [-0.3, -0.25) is 0 Å². The molecule has 0 radical (unpaired) electrons. The fraction of sp³-hybridized carbons (Fsp3) is 0.273. The minimum atomic E-state index is -4.79. The molecule has 0 aliphatic heterocycles. The maximum absolute atomic E-state index is 12.6. The number of nitrogens with one attached hydrogen (secondary N) is 2. The molecule has 170 valence electrons. The van der Waals surface area contributed by atoms with Gasteiger partial charge in [-0.05, 0) is 36.8 Å². The van der Waals surface area contributed by atoms with Crippen LogP contribution in [0, 0.1) is 0 Å². The number of aliphatic hydroxyl groups excluding tert-OH is 1. The molecular formula is C22H23F3N4O3. The highest BCUT2D eigenvalue weighted by molar-refractivity contribution is 5.66. The van der Waals surface area contributed by atoms with Crippen molar-refractivity contribution < 1.29 is 27.8 Å². The van der Waals surface area contributed by atoms with Gasteiger partial charge in [0.05, 0.1) is 19.4 Å². The molecule has 3 aromatic rings. The lowest BCUT2D eigenvalue weighted by molar-refractivity contribution is -0.274. The lowest BCUT2D eigenvalue weighted by Gasteiger charge is -2.15. The van der Waals surface area contributed by atoms with Crippen LogP contribution in [0.25, 0.3) is 11.3 Å². The second kappa shape index (κ2) is 10.2. The van der Waals surface area contributed by atoms with E-state index >= 15 is 0 Å². The Hall–Kier alpha value is -3.53. The molecule has 0 aliphatic rings. The van der Waals surface area contributed by atoms with E-state index in [-0.39, 0.29) is 24.3 Å². The number of aliphatic hydroxyl groups is 1. The monoisotopic (exact) mass is 448 g/mol.